The quantitative estimate of drug-likeness (QED) is 0.452. The first-order valence-corrected chi connectivity index (χ1v) is 6.60. The zero-order chi connectivity index (χ0) is 15.1. The third-order valence-corrected chi connectivity index (χ3v) is 3.06. The highest BCUT2D eigenvalue weighted by Gasteiger charge is 2.26. The lowest BCUT2D eigenvalue weighted by atomic mass is 10.1. The van der Waals surface area contributed by atoms with Crippen molar-refractivity contribution in [2.24, 2.45) is 5.84 Å². The number of anilines is 1. The van der Waals surface area contributed by atoms with Gasteiger partial charge in [0.1, 0.15) is 11.3 Å². The van der Waals surface area contributed by atoms with Crippen molar-refractivity contribution in [3.8, 4) is 0 Å². The maximum absolute atomic E-state index is 12.4. The summed E-state index contributed by atoms with van der Waals surface area (Å²) >= 11 is 0. The molecule has 3 N–H and O–H groups in total. The van der Waals surface area contributed by atoms with Gasteiger partial charge >= 0.3 is 5.69 Å². The lowest BCUT2D eigenvalue weighted by molar-refractivity contribution is -0.384. The summed E-state index contributed by atoms with van der Waals surface area (Å²) in [7, 11) is 0. The van der Waals surface area contributed by atoms with Crippen LogP contribution in [0.4, 0.5) is 11.4 Å². The maximum Gasteiger partial charge on any atom is 0.306 e. The van der Waals surface area contributed by atoms with E-state index in [-0.39, 0.29) is 22.8 Å². The average Bonchev–Trinajstić information content (AvgIpc) is 2.46. The van der Waals surface area contributed by atoms with E-state index in [1.165, 1.54) is 12.1 Å². The number of hydrazine groups is 1. The van der Waals surface area contributed by atoms with E-state index < -0.39 is 4.92 Å². The molecule has 1 rings (SSSR count). The zero-order valence-electron chi connectivity index (χ0n) is 11.8. The number of rotatable bonds is 7. The summed E-state index contributed by atoms with van der Waals surface area (Å²) in [5.74, 6) is 4.92. The van der Waals surface area contributed by atoms with E-state index in [1.807, 2.05) is 13.8 Å². The van der Waals surface area contributed by atoms with E-state index in [0.29, 0.717) is 13.1 Å². The number of amides is 1. The molecule has 0 bridgehead atoms. The number of hydrogen-bond acceptors (Lipinski definition) is 5. The number of nitrogens with zero attached hydrogens (tertiary/aromatic N) is 2. The van der Waals surface area contributed by atoms with E-state index >= 15 is 0 Å². The summed E-state index contributed by atoms with van der Waals surface area (Å²) in [4.78, 5) is 24.6. The second kappa shape index (κ2) is 7.44. The minimum Gasteiger partial charge on any atom is -0.339 e. The van der Waals surface area contributed by atoms with Crippen LogP contribution in [0.1, 0.15) is 37.0 Å². The Morgan fingerprint density at radius 1 is 1.45 bits per heavy atom. The van der Waals surface area contributed by atoms with Gasteiger partial charge in [0, 0.05) is 13.1 Å². The van der Waals surface area contributed by atoms with Crippen molar-refractivity contribution in [2.45, 2.75) is 26.7 Å². The molecule has 0 unspecified atom stereocenters. The molecule has 0 fully saturated rings. The highest BCUT2D eigenvalue weighted by Crippen LogP contribution is 2.28. The summed E-state index contributed by atoms with van der Waals surface area (Å²) in [5, 5.41) is 11.2. The Labute approximate surface area is 117 Å². The Hall–Kier alpha value is -2.15. The Bertz CT molecular complexity index is 491. The van der Waals surface area contributed by atoms with Gasteiger partial charge in [-0.2, -0.15) is 0 Å². The smallest absolute Gasteiger partial charge is 0.306 e. The number of nitrogens with two attached hydrogens (primary N) is 1. The maximum atomic E-state index is 12.4. The van der Waals surface area contributed by atoms with Crippen LogP contribution >= 0.6 is 0 Å². The van der Waals surface area contributed by atoms with Gasteiger partial charge in [0.05, 0.1) is 4.92 Å². The zero-order valence-corrected chi connectivity index (χ0v) is 11.8. The van der Waals surface area contributed by atoms with Gasteiger partial charge in [0.25, 0.3) is 5.91 Å². The molecule has 7 heteroatoms. The summed E-state index contributed by atoms with van der Waals surface area (Å²) in [5.41, 5.74) is 2.17. The van der Waals surface area contributed by atoms with E-state index in [9.17, 15) is 14.9 Å². The summed E-state index contributed by atoms with van der Waals surface area (Å²) in [6.45, 7) is 4.98. The van der Waals surface area contributed by atoms with Gasteiger partial charge in [-0.15, -0.1) is 0 Å². The molecule has 0 heterocycles. The molecule has 0 radical (unpaired) electrons. The number of hydrogen-bond donors (Lipinski definition) is 2. The number of nitrogens with one attached hydrogen (secondary N) is 1. The molecule has 0 aromatic heterocycles. The first-order valence-electron chi connectivity index (χ1n) is 6.60. The van der Waals surface area contributed by atoms with Crippen LogP contribution in [-0.4, -0.2) is 28.8 Å². The molecule has 0 aliphatic carbocycles. The molecule has 7 nitrogen and oxygen atoms in total. The second-order valence-corrected chi connectivity index (χ2v) is 4.34. The van der Waals surface area contributed by atoms with Crippen LogP contribution in [0.5, 0.6) is 0 Å². The molecular weight excluding hydrogens is 260 g/mol. The Morgan fingerprint density at radius 2 is 2.15 bits per heavy atom. The largest absolute Gasteiger partial charge is 0.339 e. The molecule has 0 atom stereocenters. The van der Waals surface area contributed by atoms with Gasteiger partial charge in [-0.3, -0.25) is 20.8 Å². The van der Waals surface area contributed by atoms with Crippen LogP contribution in [-0.2, 0) is 0 Å². The van der Waals surface area contributed by atoms with E-state index in [0.717, 1.165) is 12.8 Å². The van der Waals surface area contributed by atoms with Crippen molar-refractivity contribution in [1.29, 1.82) is 0 Å². The normalized spacial score (nSPS) is 10.2. The molecule has 110 valence electrons. The van der Waals surface area contributed by atoms with Gasteiger partial charge in [-0.1, -0.05) is 19.4 Å². The van der Waals surface area contributed by atoms with Gasteiger partial charge in [0.15, 0.2) is 0 Å². The van der Waals surface area contributed by atoms with Crippen molar-refractivity contribution in [1.82, 2.24) is 4.90 Å². The second-order valence-electron chi connectivity index (χ2n) is 4.34. The number of benzene rings is 1. The number of nitrogen functional groups attached to an aromatic ring is 1. The predicted molar refractivity (Wildman–Crippen MR) is 77.4 cm³/mol. The Morgan fingerprint density at radius 3 is 2.65 bits per heavy atom. The minimum absolute atomic E-state index is 0.0587. The van der Waals surface area contributed by atoms with Gasteiger partial charge in [-0.05, 0) is 25.5 Å². The molecular formula is C13H20N4O3. The van der Waals surface area contributed by atoms with Crippen LogP contribution in [0, 0.1) is 10.1 Å². The molecule has 0 aliphatic rings. The summed E-state index contributed by atoms with van der Waals surface area (Å²) in [6.07, 6.45) is 1.82. The molecule has 0 spiro atoms. The molecule has 0 saturated carbocycles. The lowest BCUT2D eigenvalue weighted by Crippen LogP contribution is -2.32. The topological polar surface area (TPSA) is 102 Å². The summed E-state index contributed by atoms with van der Waals surface area (Å²) in [6, 6.07) is 4.50. The molecule has 1 aromatic rings. The van der Waals surface area contributed by atoms with Crippen LogP contribution in [0.15, 0.2) is 18.2 Å². The molecule has 0 saturated heterocycles. The SMILES string of the molecule is CCCCN(CC)C(=O)c1cccc(NN)c1[N+](=O)[O-]. The van der Waals surface area contributed by atoms with E-state index in [2.05, 4.69) is 5.43 Å². The fourth-order valence-electron chi connectivity index (χ4n) is 1.95. The van der Waals surface area contributed by atoms with Gasteiger partial charge in [0.2, 0.25) is 0 Å². The highest BCUT2D eigenvalue weighted by atomic mass is 16.6. The third-order valence-electron chi connectivity index (χ3n) is 3.06. The first kappa shape index (κ1) is 15.9. The Balaban J connectivity index is 3.17. The van der Waals surface area contributed by atoms with Crippen LogP contribution in [0.3, 0.4) is 0 Å². The van der Waals surface area contributed by atoms with Gasteiger partial charge in [-0.25, -0.2) is 0 Å². The predicted octanol–water partition coefficient (Wildman–Crippen LogP) is 2.14. The molecule has 1 aromatic carbocycles. The third kappa shape index (κ3) is 3.45. The van der Waals surface area contributed by atoms with Crippen LogP contribution in [0.25, 0.3) is 0 Å². The average molecular weight is 280 g/mol. The molecule has 20 heavy (non-hydrogen) atoms. The van der Waals surface area contributed by atoms with Crippen LogP contribution in [0.2, 0.25) is 0 Å². The van der Waals surface area contributed by atoms with Crippen molar-refractivity contribution < 1.29 is 9.72 Å². The highest BCUT2D eigenvalue weighted by molar-refractivity contribution is 6.00. The van der Waals surface area contributed by atoms with E-state index in [4.69, 9.17) is 5.84 Å². The number of carbonyl (C=O) groups excluding carboxylic acids is 1. The summed E-state index contributed by atoms with van der Waals surface area (Å²) < 4.78 is 0. The lowest BCUT2D eigenvalue weighted by Gasteiger charge is -2.20. The van der Waals surface area contributed by atoms with Crippen LogP contribution < -0.4 is 11.3 Å². The van der Waals surface area contributed by atoms with Crippen molar-refractivity contribution >= 4 is 17.3 Å². The molecule has 1 amide bonds. The minimum atomic E-state index is -0.587. The van der Waals surface area contributed by atoms with Crippen molar-refractivity contribution in [2.75, 3.05) is 18.5 Å². The number of carbonyl (C=O) groups is 1. The number of nitro groups is 1. The standard InChI is InChI=1S/C13H20N4O3/c1-3-5-9-16(4-2)13(18)10-7-6-8-11(15-14)12(10)17(19)20/h6-8,15H,3-5,9,14H2,1-2H3. The monoisotopic (exact) mass is 280 g/mol. The molecule has 0 aliphatic heterocycles. The Kier molecular flexibility index (Phi) is 5.92. The fourth-order valence-corrected chi connectivity index (χ4v) is 1.95. The fraction of sp³-hybridized carbons (Fsp3) is 0.462. The van der Waals surface area contributed by atoms with E-state index in [1.54, 1.807) is 11.0 Å². The first-order chi connectivity index (χ1) is 9.56. The number of unbranched alkanes of at least 4 members (excludes halogenated alkanes) is 1. The number of nitro benzene ring substituents is 1. The van der Waals surface area contributed by atoms with Crippen molar-refractivity contribution in [3.05, 3.63) is 33.9 Å². The number of para-hydroxylation sites is 1. The van der Waals surface area contributed by atoms with Gasteiger partial charge < -0.3 is 10.3 Å². The van der Waals surface area contributed by atoms with Crippen molar-refractivity contribution in [3.63, 3.8) is 0 Å².